The zero-order valence-electron chi connectivity index (χ0n) is 16.2. The number of aryl methyl sites for hydroxylation is 1. The number of carbonyl (C=O) groups excluding carboxylic acids is 2. The summed E-state index contributed by atoms with van der Waals surface area (Å²) in [7, 11) is 3.44. The molecule has 0 saturated carbocycles. The molecular formula is C20H23N5O3S. The number of nitrogens with two attached hydrogens (primary N) is 1. The number of nitrogens with zero attached hydrogens (tertiary/aromatic N) is 2. The van der Waals surface area contributed by atoms with Crippen LogP contribution in [0.25, 0.3) is 0 Å². The molecule has 0 aliphatic heterocycles. The van der Waals surface area contributed by atoms with Gasteiger partial charge in [-0.15, -0.1) is 11.3 Å². The van der Waals surface area contributed by atoms with Gasteiger partial charge >= 0.3 is 6.03 Å². The second kappa shape index (κ2) is 9.24. The highest BCUT2D eigenvalue weighted by Crippen LogP contribution is 2.30. The predicted octanol–water partition coefficient (Wildman–Crippen LogP) is 2.50. The largest absolute Gasteiger partial charge is 0.496 e. The molecule has 8 nitrogen and oxygen atoms in total. The van der Waals surface area contributed by atoms with E-state index in [1.807, 2.05) is 59.6 Å². The fraction of sp³-hybridized carbons (Fsp3) is 0.250. The Labute approximate surface area is 172 Å². The molecule has 2 aromatic heterocycles. The average Bonchev–Trinajstić information content (AvgIpc) is 3.37. The Bertz CT molecular complexity index is 970. The molecule has 2 unspecified atom stereocenters. The molecule has 2 atom stereocenters. The van der Waals surface area contributed by atoms with E-state index in [0.717, 1.165) is 10.4 Å². The summed E-state index contributed by atoms with van der Waals surface area (Å²) in [6, 6.07) is 9.47. The number of thiophene rings is 1. The lowest BCUT2D eigenvalue weighted by molar-refractivity contribution is -0.122. The molecule has 0 radical (unpaired) electrons. The molecule has 0 aliphatic carbocycles. The molecule has 3 aromatic rings. The third-order valence-electron chi connectivity index (χ3n) is 4.46. The first-order valence-electron chi connectivity index (χ1n) is 8.98. The molecule has 0 fully saturated rings. The topological polar surface area (TPSA) is 111 Å². The Hall–Kier alpha value is -3.33. The maximum atomic E-state index is 12.9. The minimum atomic E-state index is -0.679. The first-order chi connectivity index (χ1) is 14.0. The van der Waals surface area contributed by atoms with Gasteiger partial charge in [0.15, 0.2) is 0 Å². The normalized spacial score (nSPS) is 12.8. The standard InChI is InChI=1S/C20H23N5O3S/c1-25-10-9-22-19(25)18(13-6-3-4-7-15(13)28-2)24-17(26)12-14(23-20(21)27)16-8-5-11-29-16/h3-11,14,18H,12H2,1-2H3,(H,24,26)(H3,21,23,27). The average molecular weight is 414 g/mol. The van der Waals surface area contributed by atoms with Crippen molar-refractivity contribution in [3.8, 4) is 5.75 Å². The van der Waals surface area contributed by atoms with Crippen LogP contribution in [-0.4, -0.2) is 28.6 Å². The van der Waals surface area contributed by atoms with Gasteiger partial charge in [0.2, 0.25) is 5.91 Å². The number of aromatic nitrogens is 2. The minimum Gasteiger partial charge on any atom is -0.496 e. The van der Waals surface area contributed by atoms with Crippen molar-refractivity contribution < 1.29 is 14.3 Å². The van der Waals surface area contributed by atoms with Crippen molar-refractivity contribution in [1.29, 1.82) is 0 Å². The summed E-state index contributed by atoms with van der Waals surface area (Å²) in [5.41, 5.74) is 6.08. The van der Waals surface area contributed by atoms with Crippen LogP contribution in [0.2, 0.25) is 0 Å². The van der Waals surface area contributed by atoms with Gasteiger partial charge in [-0.05, 0) is 17.5 Å². The molecule has 152 valence electrons. The van der Waals surface area contributed by atoms with Crippen molar-refractivity contribution in [2.75, 3.05) is 7.11 Å². The maximum absolute atomic E-state index is 12.9. The first-order valence-corrected chi connectivity index (χ1v) is 9.86. The molecule has 1 aromatic carbocycles. The number of carbonyl (C=O) groups is 2. The summed E-state index contributed by atoms with van der Waals surface area (Å²) in [5, 5.41) is 7.55. The fourth-order valence-corrected chi connectivity index (χ4v) is 3.91. The summed E-state index contributed by atoms with van der Waals surface area (Å²) >= 11 is 1.45. The Morgan fingerprint density at radius 2 is 2.03 bits per heavy atom. The SMILES string of the molecule is COc1ccccc1C(NC(=O)CC(NC(N)=O)c1cccs1)c1nccn1C. The number of primary amides is 1. The molecule has 9 heteroatoms. The highest BCUT2D eigenvalue weighted by molar-refractivity contribution is 7.10. The maximum Gasteiger partial charge on any atom is 0.312 e. The number of amides is 3. The Morgan fingerprint density at radius 3 is 2.66 bits per heavy atom. The van der Waals surface area contributed by atoms with Crippen LogP contribution in [-0.2, 0) is 11.8 Å². The van der Waals surface area contributed by atoms with Crippen molar-refractivity contribution in [1.82, 2.24) is 20.2 Å². The van der Waals surface area contributed by atoms with E-state index in [2.05, 4.69) is 15.6 Å². The van der Waals surface area contributed by atoms with Gasteiger partial charge in [0.25, 0.3) is 0 Å². The number of methoxy groups -OCH3 is 1. The molecular weight excluding hydrogens is 390 g/mol. The molecule has 0 aliphatic rings. The van der Waals surface area contributed by atoms with Gasteiger partial charge < -0.3 is 25.7 Å². The van der Waals surface area contributed by atoms with Crippen molar-refractivity contribution in [2.24, 2.45) is 12.8 Å². The van der Waals surface area contributed by atoms with Gasteiger partial charge in [-0.2, -0.15) is 0 Å². The summed E-state index contributed by atoms with van der Waals surface area (Å²) in [4.78, 5) is 29.6. The van der Waals surface area contributed by atoms with Gasteiger partial charge in [0.1, 0.15) is 17.6 Å². The number of imidazole rings is 1. The van der Waals surface area contributed by atoms with Gasteiger partial charge in [-0.25, -0.2) is 9.78 Å². The number of ether oxygens (including phenoxy) is 1. The number of nitrogens with one attached hydrogen (secondary N) is 2. The van der Waals surface area contributed by atoms with Crippen LogP contribution in [0.3, 0.4) is 0 Å². The van der Waals surface area contributed by atoms with Crippen molar-refractivity contribution >= 4 is 23.3 Å². The molecule has 3 amide bonds. The second-order valence-corrected chi connectivity index (χ2v) is 7.40. The monoisotopic (exact) mass is 413 g/mol. The lowest BCUT2D eigenvalue weighted by Crippen LogP contribution is -2.38. The Balaban J connectivity index is 1.86. The molecule has 0 saturated heterocycles. The minimum absolute atomic E-state index is 0.0412. The molecule has 29 heavy (non-hydrogen) atoms. The van der Waals surface area contributed by atoms with Crippen LogP contribution < -0.4 is 21.1 Å². The van der Waals surface area contributed by atoms with Gasteiger partial charge in [-0.1, -0.05) is 24.3 Å². The van der Waals surface area contributed by atoms with Crippen LogP contribution >= 0.6 is 11.3 Å². The number of urea groups is 1. The second-order valence-electron chi connectivity index (χ2n) is 6.42. The highest BCUT2D eigenvalue weighted by atomic mass is 32.1. The quantitative estimate of drug-likeness (QED) is 0.527. The lowest BCUT2D eigenvalue weighted by atomic mass is 10.0. The first kappa shape index (κ1) is 20.4. The van der Waals surface area contributed by atoms with E-state index in [4.69, 9.17) is 10.5 Å². The third-order valence-corrected chi connectivity index (χ3v) is 5.45. The number of benzene rings is 1. The number of rotatable bonds is 8. The molecule has 0 bridgehead atoms. The number of hydrogen-bond donors (Lipinski definition) is 3. The highest BCUT2D eigenvalue weighted by Gasteiger charge is 2.26. The van der Waals surface area contributed by atoms with Crippen LogP contribution in [0, 0.1) is 0 Å². The summed E-state index contributed by atoms with van der Waals surface area (Å²) in [5.74, 6) is 1.06. The predicted molar refractivity (Wildman–Crippen MR) is 111 cm³/mol. The van der Waals surface area contributed by atoms with Crippen molar-refractivity contribution in [3.05, 3.63) is 70.4 Å². The zero-order valence-corrected chi connectivity index (χ0v) is 17.0. The van der Waals surface area contributed by atoms with Gasteiger partial charge in [0, 0.05) is 29.9 Å². The molecule has 4 N–H and O–H groups in total. The summed E-state index contributed by atoms with van der Waals surface area (Å²) in [6.07, 6.45) is 3.53. The molecule has 0 spiro atoms. The van der Waals surface area contributed by atoms with Crippen LogP contribution in [0.15, 0.2) is 54.2 Å². The van der Waals surface area contributed by atoms with E-state index < -0.39 is 18.1 Å². The third kappa shape index (κ3) is 4.94. The lowest BCUT2D eigenvalue weighted by Gasteiger charge is -2.23. The van der Waals surface area contributed by atoms with E-state index in [9.17, 15) is 9.59 Å². The van der Waals surface area contributed by atoms with Crippen LogP contribution in [0.4, 0.5) is 4.79 Å². The number of para-hydroxylation sites is 1. The molecule has 3 rings (SSSR count). The smallest absolute Gasteiger partial charge is 0.312 e. The van der Waals surface area contributed by atoms with E-state index in [1.165, 1.54) is 11.3 Å². The Morgan fingerprint density at radius 1 is 1.24 bits per heavy atom. The number of hydrogen-bond acceptors (Lipinski definition) is 5. The summed E-state index contributed by atoms with van der Waals surface area (Å²) < 4.78 is 7.32. The van der Waals surface area contributed by atoms with Crippen LogP contribution in [0.5, 0.6) is 5.75 Å². The van der Waals surface area contributed by atoms with Crippen LogP contribution in [0.1, 0.15) is 34.8 Å². The van der Waals surface area contributed by atoms with E-state index in [-0.39, 0.29) is 12.3 Å². The van der Waals surface area contributed by atoms with Gasteiger partial charge in [-0.3, -0.25) is 4.79 Å². The zero-order chi connectivity index (χ0) is 20.8. The van der Waals surface area contributed by atoms with Crippen molar-refractivity contribution in [3.63, 3.8) is 0 Å². The van der Waals surface area contributed by atoms with E-state index >= 15 is 0 Å². The molecule has 2 heterocycles. The van der Waals surface area contributed by atoms with E-state index in [1.54, 1.807) is 13.3 Å². The summed E-state index contributed by atoms with van der Waals surface area (Å²) in [6.45, 7) is 0. The Kier molecular flexibility index (Phi) is 6.50. The van der Waals surface area contributed by atoms with Crippen molar-refractivity contribution in [2.45, 2.75) is 18.5 Å². The fourth-order valence-electron chi connectivity index (χ4n) is 3.13. The van der Waals surface area contributed by atoms with Gasteiger partial charge in [0.05, 0.1) is 19.6 Å². The van der Waals surface area contributed by atoms with E-state index in [0.29, 0.717) is 11.6 Å².